The van der Waals surface area contributed by atoms with Gasteiger partial charge in [0.25, 0.3) is 5.69 Å². The molecule has 1 N–H and O–H groups in total. The highest BCUT2D eigenvalue weighted by Gasteiger charge is 2.42. The number of hydrogen-bond acceptors (Lipinski definition) is 8. The van der Waals surface area contributed by atoms with Crippen LogP contribution in [0.25, 0.3) is 11.0 Å². The van der Waals surface area contributed by atoms with E-state index in [1.807, 2.05) is 12.1 Å². The summed E-state index contributed by atoms with van der Waals surface area (Å²) in [6, 6.07) is 11.0. The van der Waals surface area contributed by atoms with Crippen LogP contribution in [-0.2, 0) is 9.47 Å². The fourth-order valence-corrected chi connectivity index (χ4v) is 4.74. The van der Waals surface area contributed by atoms with E-state index in [0.29, 0.717) is 23.1 Å². The van der Waals surface area contributed by atoms with E-state index in [-0.39, 0.29) is 28.9 Å². The molecule has 2 aliphatic rings. The van der Waals surface area contributed by atoms with Crippen molar-refractivity contribution in [1.29, 1.82) is 0 Å². The molecule has 1 fully saturated rings. The number of carbonyl (C=O) groups is 1. The number of ether oxygens (including phenoxy) is 2. The van der Waals surface area contributed by atoms with Crippen molar-refractivity contribution in [3.8, 4) is 0 Å². The van der Waals surface area contributed by atoms with Crippen molar-refractivity contribution in [1.82, 2.24) is 0 Å². The summed E-state index contributed by atoms with van der Waals surface area (Å²) in [6.45, 7) is 0.533. The van der Waals surface area contributed by atoms with Crippen molar-refractivity contribution >= 4 is 28.3 Å². The number of rotatable bonds is 3. The minimum atomic E-state index is -0.551. The zero-order chi connectivity index (χ0) is 22.4. The summed E-state index contributed by atoms with van der Waals surface area (Å²) in [7, 11) is 1.33. The molecule has 164 valence electrons. The smallest absolute Gasteiger partial charge is 0.360 e. The van der Waals surface area contributed by atoms with E-state index in [1.165, 1.54) is 25.3 Å². The fraction of sp³-hybridized carbons (Fsp3) is 0.304. The first-order valence-corrected chi connectivity index (χ1v) is 10.3. The quantitative estimate of drug-likeness (QED) is 0.282. The summed E-state index contributed by atoms with van der Waals surface area (Å²) in [5.41, 5.74) is 1.83. The Hall–Kier alpha value is -3.72. The van der Waals surface area contributed by atoms with Crippen LogP contribution in [0.15, 0.2) is 51.7 Å². The second-order valence-corrected chi connectivity index (χ2v) is 7.95. The van der Waals surface area contributed by atoms with Gasteiger partial charge in [0.05, 0.1) is 29.7 Å². The first-order valence-electron chi connectivity index (χ1n) is 10.3. The molecule has 0 saturated carbocycles. The number of nitrogens with one attached hydrogen (secondary N) is 1. The molecular weight excluding hydrogens is 416 g/mol. The minimum absolute atomic E-state index is 0.00973. The summed E-state index contributed by atoms with van der Waals surface area (Å²) >= 11 is 0. The van der Waals surface area contributed by atoms with E-state index < -0.39 is 22.6 Å². The molecule has 3 heterocycles. The van der Waals surface area contributed by atoms with Gasteiger partial charge in [-0.25, -0.2) is 9.59 Å². The average molecular weight is 436 g/mol. The van der Waals surface area contributed by atoms with Crippen LogP contribution in [0.1, 0.15) is 46.5 Å². The van der Waals surface area contributed by atoms with Crippen molar-refractivity contribution in [3.05, 3.63) is 79.7 Å². The molecule has 1 aromatic heterocycles. The molecule has 0 bridgehead atoms. The maximum absolute atomic E-state index is 12.9. The van der Waals surface area contributed by atoms with Crippen molar-refractivity contribution < 1.29 is 23.6 Å². The third kappa shape index (κ3) is 3.21. The van der Waals surface area contributed by atoms with Gasteiger partial charge in [0, 0.05) is 35.6 Å². The van der Waals surface area contributed by atoms with Crippen LogP contribution in [0.5, 0.6) is 0 Å². The van der Waals surface area contributed by atoms with Crippen LogP contribution >= 0.6 is 0 Å². The van der Waals surface area contributed by atoms with E-state index in [9.17, 15) is 19.7 Å². The molecule has 0 spiro atoms. The summed E-state index contributed by atoms with van der Waals surface area (Å²) in [4.78, 5) is 35.5. The number of non-ortho nitro benzene ring substituents is 1. The number of nitrogens with zero attached hydrogens (tertiary/aromatic N) is 1. The maximum Gasteiger partial charge on any atom is 0.360 e. The maximum atomic E-state index is 12.9. The van der Waals surface area contributed by atoms with Gasteiger partial charge in [-0.15, -0.1) is 0 Å². The van der Waals surface area contributed by atoms with E-state index in [2.05, 4.69) is 5.32 Å². The van der Waals surface area contributed by atoms with Gasteiger partial charge in [0.2, 0.25) is 0 Å². The van der Waals surface area contributed by atoms with Crippen LogP contribution in [0, 0.1) is 16.0 Å². The monoisotopic (exact) mass is 436 g/mol. The number of fused-ring (bicyclic) bond motifs is 5. The van der Waals surface area contributed by atoms with Crippen molar-refractivity contribution in [2.24, 2.45) is 5.92 Å². The van der Waals surface area contributed by atoms with Gasteiger partial charge < -0.3 is 19.2 Å². The molecule has 1 unspecified atom stereocenters. The lowest BCUT2D eigenvalue weighted by Crippen LogP contribution is -2.38. The fourth-order valence-electron chi connectivity index (χ4n) is 4.74. The summed E-state index contributed by atoms with van der Waals surface area (Å²) < 4.78 is 16.4. The zero-order valence-corrected chi connectivity index (χ0v) is 17.2. The lowest BCUT2D eigenvalue weighted by molar-refractivity contribution is -0.384. The molecule has 32 heavy (non-hydrogen) atoms. The number of nitro benzene ring substituents is 1. The van der Waals surface area contributed by atoms with E-state index in [1.54, 1.807) is 12.1 Å². The van der Waals surface area contributed by atoms with E-state index in [4.69, 9.17) is 13.9 Å². The second-order valence-electron chi connectivity index (χ2n) is 7.95. The molecule has 3 aromatic rings. The molecule has 0 radical (unpaired) electrons. The molecule has 2 aliphatic heterocycles. The molecule has 2 aromatic carbocycles. The van der Waals surface area contributed by atoms with Gasteiger partial charge in [-0.05, 0) is 36.6 Å². The molecule has 9 heteroatoms. The number of methoxy groups -OCH3 is 1. The van der Waals surface area contributed by atoms with Crippen LogP contribution in [-0.4, -0.2) is 24.6 Å². The number of benzene rings is 2. The summed E-state index contributed by atoms with van der Waals surface area (Å²) in [6.07, 6.45) is 1.28. The third-order valence-electron chi connectivity index (χ3n) is 6.21. The number of nitro groups is 1. The number of hydrogen-bond donors (Lipinski definition) is 1. The van der Waals surface area contributed by atoms with Gasteiger partial charge >= 0.3 is 11.6 Å². The number of carbonyl (C=O) groups excluding carboxylic acids is 1. The SMILES string of the molecule is COC(=O)c1ccc(C2Nc3c(c4cc([N+](=O)[O-])ccc4oc3=O)[C@H]3OCCC[C@@H]23)cc1. The Bertz CT molecular complexity index is 1280. The van der Waals surface area contributed by atoms with Gasteiger partial charge in [0.15, 0.2) is 0 Å². The Morgan fingerprint density at radius 1 is 1.22 bits per heavy atom. The predicted molar refractivity (Wildman–Crippen MR) is 115 cm³/mol. The zero-order valence-electron chi connectivity index (χ0n) is 17.2. The van der Waals surface area contributed by atoms with Gasteiger partial charge in [-0.3, -0.25) is 10.1 Å². The highest BCUT2D eigenvalue weighted by molar-refractivity contribution is 5.89. The summed E-state index contributed by atoms with van der Waals surface area (Å²) in [5.74, 6) is -0.435. The summed E-state index contributed by atoms with van der Waals surface area (Å²) in [5, 5.41) is 15.1. The number of esters is 1. The van der Waals surface area contributed by atoms with Gasteiger partial charge in [-0.1, -0.05) is 12.1 Å². The first-order chi connectivity index (χ1) is 15.5. The number of anilines is 1. The second kappa shape index (κ2) is 7.76. The Morgan fingerprint density at radius 3 is 2.72 bits per heavy atom. The highest BCUT2D eigenvalue weighted by Crippen LogP contribution is 2.50. The Kier molecular flexibility index (Phi) is 4.90. The molecule has 3 atom stereocenters. The predicted octanol–water partition coefficient (Wildman–Crippen LogP) is 4.12. The third-order valence-corrected chi connectivity index (χ3v) is 6.21. The molecule has 0 aliphatic carbocycles. The Balaban J connectivity index is 1.65. The van der Waals surface area contributed by atoms with Crippen LogP contribution in [0.2, 0.25) is 0 Å². The van der Waals surface area contributed by atoms with Gasteiger partial charge in [-0.2, -0.15) is 0 Å². The van der Waals surface area contributed by atoms with E-state index >= 15 is 0 Å². The average Bonchev–Trinajstić information content (AvgIpc) is 2.82. The highest BCUT2D eigenvalue weighted by atomic mass is 16.6. The topological polar surface area (TPSA) is 121 Å². The Labute approximate surface area is 182 Å². The lowest BCUT2D eigenvalue weighted by atomic mass is 9.77. The van der Waals surface area contributed by atoms with Crippen molar-refractivity contribution in [2.75, 3.05) is 19.0 Å². The molecular formula is C23H20N2O7. The minimum Gasteiger partial charge on any atom is -0.465 e. The molecule has 1 saturated heterocycles. The standard InChI is InChI=1S/C23H20N2O7/c1-30-22(26)13-6-4-12(5-7-13)19-15-3-2-10-31-21(15)18-16-11-14(25(28)29)8-9-17(16)32-23(27)20(18)24-19/h4-9,11,15,19,21,24H,2-3,10H2,1H3/t15-,19?,21-/m0/s1. The first kappa shape index (κ1) is 20.2. The van der Waals surface area contributed by atoms with Crippen LogP contribution < -0.4 is 10.9 Å². The van der Waals surface area contributed by atoms with Gasteiger partial charge in [0.1, 0.15) is 11.3 Å². The molecule has 0 amide bonds. The molecule has 9 nitrogen and oxygen atoms in total. The van der Waals surface area contributed by atoms with Crippen molar-refractivity contribution in [3.63, 3.8) is 0 Å². The normalized spacial score (nSPS) is 21.8. The van der Waals surface area contributed by atoms with E-state index in [0.717, 1.165) is 18.4 Å². The lowest BCUT2D eigenvalue weighted by Gasteiger charge is -2.43. The van der Waals surface area contributed by atoms with Crippen LogP contribution in [0.3, 0.4) is 0 Å². The Morgan fingerprint density at radius 2 is 2.00 bits per heavy atom. The molecule has 5 rings (SSSR count). The largest absolute Gasteiger partial charge is 0.465 e. The van der Waals surface area contributed by atoms with Crippen LogP contribution in [0.4, 0.5) is 11.4 Å². The van der Waals surface area contributed by atoms with Crippen molar-refractivity contribution in [2.45, 2.75) is 25.0 Å².